The van der Waals surface area contributed by atoms with Crippen LogP contribution in [0.2, 0.25) is 0 Å². The van der Waals surface area contributed by atoms with E-state index in [1.54, 1.807) is 24.3 Å². The van der Waals surface area contributed by atoms with Crippen molar-refractivity contribution in [3.8, 4) is 0 Å². The fourth-order valence-electron chi connectivity index (χ4n) is 3.34. The van der Waals surface area contributed by atoms with Gasteiger partial charge in [-0.25, -0.2) is 4.79 Å². The zero-order valence-electron chi connectivity index (χ0n) is 17.8. The molecule has 3 rings (SSSR count). The smallest absolute Gasteiger partial charge is 0.321 e. The number of urea groups is 1. The molecule has 2 heterocycles. The number of hydrogen-bond donors (Lipinski definition) is 2. The molecule has 0 aliphatic carbocycles. The summed E-state index contributed by atoms with van der Waals surface area (Å²) in [6.07, 6.45) is 6.07. The number of anilines is 2. The number of aromatic nitrogens is 2. The number of nitrogens with one attached hydrogen (secondary N) is 2. The standard InChI is InChI=1S/C22H31N5O3/c1-16(2)21-25-20(30-26-21)9-7-8-19(28)23-17-10-12-18(13-11-17)24-22(29)27-14-5-3-4-6-15-27/h10-13,16H,3-9,14-15H2,1-2H3,(H,23,28)(H,24,29). The van der Waals surface area contributed by atoms with E-state index >= 15 is 0 Å². The van der Waals surface area contributed by atoms with Crippen LogP contribution in [-0.4, -0.2) is 40.1 Å². The Morgan fingerprint density at radius 2 is 1.67 bits per heavy atom. The van der Waals surface area contributed by atoms with Gasteiger partial charge in [-0.2, -0.15) is 4.98 Å². The van der Waals surface area contributed by atoms with Crippen molar-refractivity contribution in [2.24, 2.45) is 0 Å². The summed E-state index contributed by atoms with van der Waals surface area (Å²) in [4.78, 5) is 30.7. The summed E-state index contributed by atoms with van der Waals surface area (Å²) < 4.78 is 5.19. The van der Waals surface area contributed by atoms with Gasteiger partial charge in [-0.1, -0.05) is 31.8 Å². The van der Waals surface area contributed by atoms with Crippen molar-refractivity contribution in [1.29, 1.82) is 0 Å². The molecular formula is C22H31N5O3. The Labute approximate surface area is 177 Å². The first-order valence-corrected chi connectivity index (χ1v) is 10.8. The fraction of sp³-hybridized carbons (Fsp3) is 0.545. The lowest BCUT2D eigenvalue weighted by Crippen LogP contribution is -2.35. The number of hydrogen-bond acceptors (Lipinski definition) is 5. The van der Waals surface area contributed by atoms with Crippen molar-refractivity contribution in [3.05, 3.63) is 36.0 Å². The molecule has 1 aromatic heterocycles. The summed E-state index contributed by atoms with van der Waals surface area (Å²) in [7, 11) is 0. The molecule has 3 amide bonds. The number of carbonyl (C=O) groups excluding carboxylic acids is 2. The second kappa shape index (κ2) is 10.8. The highest BCUT2D eigenvalue weighted by Crippen LogP contribution is 2.17. The zero-order chi connectivity index (χ0) is 21.3. The Balaban J connectivity index is 1.40. The van der Waals surface area contributed by atoms with Gasteiger partial charge in [0.2, 0.25) is 11.8 Å². The minimum atomic E-state index is -0.0695. The van der Waals surface area contributed by atoms with Crippen LogP contribution in [0.1, 0.15) is 70.0 Å². The second-order valence-corrected chi connectivity index (χ2v) is 8.01. The summed E-state index contributed by atoms with van der Waals surface area (Å²) >= 11 is 0. The highest BCUT2D eigenvalue weighted by atomic mass is 16.5. The molecule has 0 bridgehead atoms. The Bertz CT molecular complexity index is 824. The highest BCUT2D eigenvalue weighted by molar-refractivity contribution is 5.92. The molecule has 1 aliphatic rings. The summed E-state index contributed by atoms with van der Waals surface area (Å²) in [6, 6.07) is 7.13. The monoisotopic (exact) mass is 413 g/mol. The van der Waals surface area contributed by atoms with Gasteiger partial charge < -0.3 is 20.1 Å². The topological polar surface area (TPSA) is 100 Å². The molecule has 2 N–H and O–H groups in total. The predicted octanol–water partition coefficient (Wildman–Crippen LogP) is 4.56. The van der Waals surface area contributed by atoms with Gasteiger partial charge in [0.1, 0.15) is 0 Å². The third kappa shape index (κ3) is 6.57. The van der Waals surface area contributed by atoms with E-state index in [9.17, 15) is 9.59 Å². The van der Waals surface area contributed by atoms with Gasteiger partial charge in [-0.3, -0.25) is 4.79 Å². The third-order valence-corrected chi connectivity index (χ3v) is 5.11. The van der Waals surface area contributed by atoms with Gasteiger partial charge in [0.25, 0.3) is 0 Å². The summed E-state index contributed by atoms with van der Waals surface area (Å²) in [6.45, 7) is 5.63. The van der Waals surface area contributed by atoms with E-state index in [1.807, 2.05) is 18.7 Å². The van der Waals surface area contributed by atoms with Crippen molar-refractivity contribution < 1.29 is 14.1 Å². The molecule has 1 aliphatic heterocycles. The van der Waals surface area contributed by atoms with Crippen LogP contribution >= 0.6 is 0 Å². The lowest BCUT2D eigenvalue weighted by Gasteiger charge is -2.20. The average Bonchev–Trinajstić information content (AvgIpc) is 3.03. The zero-order valence-corrected chi connectivity index (χ0v) is 17.8. The lowest BCUT2D eigenvalue weighted by molar-refractivity contribution is -0.116. The van der Waals surface area contributed by atoms with Gasteiger partial charge >= 0.3 is 6.03 Å². The number of rotatable bonds is 7. The molecule has 30 heavy (non-hydrogen) atoms. The van der Waals surface area contributed by atoms with E-state index in [2.05, 4.69) is 20.8 Å². The van der Waals surface area contributed by atoms with Gasteiger partial charge in [-0.05, 0) is 43.5 Å². The van der Waals surface area contributed by atoms with Crippen molar-refractivity contribution in [1.82, 2.24) is 15.0 Å². The molecule has 8 heteroatoms. The minimum Gasteiger partial charge on any atom is -0.339 e. The summed E-state index contributed by atoms with van der Waals surface area (Å²) in [5, 5.41) is 9.73. The van der Waals surface area contributed by atoms with Crippen LogP contribution in [0.5, 0.6) is 0 Å². The number of amides is 3. The van der Waals surface area contributed by atoms with Crippen LogP contribution in [-0.2, 0) is 11.2 Å². The molecule has 8 nitrogen and oxygen atoms in total. The van der Waals surface area contributed by atoms with E-state index in [1.165, 1.54) is 12.8 Å². The maximum absolute atomic E-state index is 12.4. The number of likely N-dealkylation sites (tertiary alicyclic amines) is 1. The molecule has 0 spiro atoms. The first-order valence-electron chi connectivity index (χ1n) is 10.8. The van der Waals surface area contributed by atoms with Gasteiger partial charge in [-0.15, -0.1) is 0 Å². The van der Waals surface area contributed by atoms with Crippen molar-refractivity contribution >= 4 is 23.3 Å². The molecule has 162 valence electrons. The van der Waals surface area contributed by atoms with E-state index < -0.39 is 0 Å². The van der Waals surface area contributed by atoms with Crippen LogP contribution in [0.4, 0.5) is 16.2 Å². The third-order valence-electron chi connectivity index (χ3n) is 5.11. The minimum absolute atomic E-state index is 0.0599. The number of nitrogens with zero attached hydrogens (tertiary/aromatic N) is 3. The summed E-state index contributed by atoms with van der Waals surface area (Å²) in [5.41, 5.74) is 1.42. The van der Waals surface area contributed by atoms with Crippen LogP contribution in [0.25, 0.3) is 0 Å². The molecule has 0 atom stereocenters. The largest absolute Gasteiger partial charge is 0.339 e. The quantitative estimate of drug-likeness (QED) is 0.693. The number of benzene rings is 1. The van der Waals surface area contributed by atoms with E-state index in [0.29, 0.717) is 36.7 Å². The van der Waals surface area contributed by atoms with Crippen LogP contribution in [0.15, 0.2) is 28.8 Å². The maximum atomic E-state index is 12.4. The van der Waals surface area contributed by atoms with Gasteiger partial charge in [0, 0.05) is 43.2 Å². The maximum Gasteiger partial charge on any atom is 0.321 e. The molecule has 1 aromatic carbocycles. The van der Waals surface area contributed by atoms with E-state index in [-0.39, 0.29) is 17.9 Å². The molecule has 1 fully saturated rings. The van der Waals surface area contributed by atoms with Gasteiger partial charge in [0.15, 0.2) is 5.82 Å². The molecule has 0 unspecified atom stereocenters. The predicted molar refractivity (Wildman–Crippen MR) is 115 cm³/mol. The fourth-order valence-corrected chi connectivity index (χ4v) is 3.34. The second-order valence-electron chi connectivity index (χ2n) is 8.01. The van der Waals surface area contributed by atoms with Gasteiger partial charge in [0.05, 0.1) is 0 Å². The average molecular weight is 414 g/mol. The summed E-state index contributed by atoms with van der Waals surface area (Å²) in [5.74, 6) is 1.41. The first kappa shape index (κ1) is 21.8. The Morgan fingerprint density at radius 1 is 1.03 bits per heavy atom. The SMILES string of the molecule is CC(C)c1noc(CCCC(=O)Nc2ccc(NC(=O)N3CCCCCC3)cc2)n1. The van der Waals surface area contributed by atoms with E-state index in [0.717, 1.165) is 31.6 Å². The van der Waals surface area contributed by atoms with Crippen molar-refractivity contribution in [2.45, 2.75) is 64.7 Å². The van der Waals surface area contributed by atoms with E-state index in [4.69, 9.17) is 4.52 Å². The first-order chi connectivity index (χ1) is 14.5. The van der Waals surface area contributed by atoms with Crippen LogP contribution in [0.3, 0.4) is 0 Å². The normalized spacial score (nSPS) is 14.4. The van der Waals surface area contributed by atoms with Crippen molar-refractivity contribution in [2.75, 3.05) is 23.7 Å². The Kier molecular flexibility index (Phi) is 7.82. The molecule has 1 saturated heterocycles. The van der Waals surface area contributed by atoms with Crippen molar-refractivity contribution in [3.63, 3.8) is 0 Å². The van der Waals surface area contributed by atoms with Crippen LogP contribution in [0, 0.1) is 0 Å². The molecule has 2 aromatic rings. The number of carbonyl (C=O) groups is 2. The highest BCUT2D eigenvalue weighted by Gasteiger charge is 2.15. The molecular weight excluding hydrogens is 382 g/mol. The van der Waals surface area contributed by atoms with Crippen LogP contribution < -0.4 is 10.6 Å². The molecule has 0 radical (unpaired) electrons. The number of aryl methyl sites for hydroxylation is 1. The Morgan fingerprint density at radius 3 is 2.27 bits per heavy atom. The Hall–Kier alpha value is -2.90. The lowest BCUT2D eigenvalue weighted by atomic mass is 10.2. The molecule has 0 saturated carbocycles.